The van der Waals surface area contributed by atoms with E-state index in [9.17, 15) is 4.79 Å². The molecule has 1 saturated heterocycles. The Balaban J connectivity index is 1.84. The molecular formula is C16H20O6S. The van der Waals surface area contributed by atoms with Crippen LogP contribution in [0, 0.1) is 5.41 Å². The van der Waals surface area contributed by atoms with Crippen LogP contribution in [0.25, 0.3) is 0 Å². The quantitative estimate of drug-likeness (QED) is 0.882. The second-order valence-electron chi connectivity index (χ2n) is 6.45. The first-order valence-corrected chi connectivity index (χ1v) is 8.53. The van der Waals surface area contributed by atoms with Crippen molar-refractivity contribution in [2.24, 2.45) is 5.41 Å². The van der Waals surface area contributed by atoms with E-state index in [1.807, 2.05) is 18.2 Å². The van der Waals surface area contributed by atoms with Crippen molar-refractivity contribution in [3.8, 4) is 11.5 Å². The number of thioether (sulfide) groups is 1. The van der Waals surface area contributed by atoms with E-state index < -0.39 is 11.8 Å². The highest BCUT2D eigenvalue weighted by molar-refractivity contribution is 7.99. The first-order chi connectivity index (χ1) is 10.9. The summed E-state index contributed by atoms with van der Waals surface area (Å²) < 4.78 is 22.9. The smallest absolute Gasteiger partial charge is 0.313 e. The molecule has 0 unspecified atom stereocenters. The Hall–Kier alpha value is -1.44. The molecular weight excluding hydrogens is 320 g/mol. The zero-order valence-electron chi connectivity index (χ0n) is 13.2. The molecule has 0 bridgehead atoms. The summed E-state index contributed by atoms with van der Waals surface area (Å²) in [4.78, 5) is 10.8. The van der Waals surface area contributed by atoms with Gasteiger partial charge in [-0.2, -0.15) is 0 Å². The number of benzene rings is 1. The molecule has 0 aromatic heterocycles. The van der Waals surface area contributed by atoms with E-state index in [1.165, 1.54) is 11.8 Å². The van der Waals surface area contributed by atoms with Crippen LogP contribution in [0.4, 0.5) is 0 Å². The van der Waals surface area contributed by atoms with E-state index >= 15 is 0 Å². The molecule has 2 aliphatic heterocycles. The van der Waals surface area contributed by atoms with Crippen LogP contribution in [0.5, 0.6) is 11.5 Å². The van der Waals surface area contributed by atoms with Crippen LogP contribution in [-0.4, -0.2) is 42.6 Å². The molecule has 0 saturated carbocycles. The minimum atomic E-state index is -0.962. The zero-order chi connectivity index (χ0) is 16.5. The normalized spacial score (nSPS) is 21.1. The zero-order valence-corrected chi connectivity index (χ0v) is 14.0. The monoisotopic (exact) mass is 340 g/mol. The third-order valence-electron chi connectivity index (χ3n) is 3.72. The third kappa shape index (κ3) is 3.57. The molecule has 7 heteroatoms. The molecule has 126 valence electrons. The SMILES string of the molecule is CC1(C)COC(CSCC(=O)O)(c2ccc3c(c2)OCO3)OC1. The van der Waals surface area contributed by atoms with Crippen molar-refractivity contribution in [2.45, 2.75) is 19.6 Å². The summed E-state index contributed by atoms with van der Waals surface area (Å²) in [6.07, 6.45) is 0. The van der Waals surface area contributed by atoms with Crippen LogP contribution in [0.3, 0.4) is 0 Å². The molecule has 0 amide bonds. The summed E-state index contributed by atoms with van der Waals surface area (Å²) in [5.74, 6) is -0.0685. The lowest BCUT2D eigenvalue weighted by atomic mass is 9.93. The highest BCUT2D eigenvalue weighted by Crippen LogP contribution is 2.42. The van der Waals surface area contributed by atoms with E-state index in [0.29, 0.717) is 30.5 Å². The highest BCUT2D eigenvalue weighted by Gasteiger charge is 2.43. The van der Waals surface area contributed by atoms with Gasteiger partial charge in [-0.05, 0) is 18.2 Å². The Bertz CT molecular complexity index is 590. The highest BCUT2D eigenvalue weighted by atomic mass is 32.2. The van der Waals surface area contributed by atoms with Crippen molar-refractivity contribution in [3.05, 3.63) is 23.8 Å². The number of carboxylic acid groups (broad SMARTS) is 1. The van der Waals surface area contributed by atoms with Crippen molar-refractivity contribution < 1.29 is 28.8 Å². The summed E-state index contributed by atoms with van der Waals surface area (Å²) in [5.41, 5.74) is 0.743. The molecule has 0 atom stereocenters. The Morgan fingerprint density at radius 3 is 2.61 bits per heavy atom. The lowest BCUT2D eigenvalue weighted by Crippen LogP contribution is -2.47. The number of rotatable bonds is 5. The summed E-state index contributed by atoms with van der Waals surface area (Å²) in [5, 5.41) is 8.87. The molecule has 1 fully saturated rings. The second-order valence-corrected chi connectivity index (χ2v) is 7.43. The number of ether oxygens (including phenoxy) is 4. The first kappa shape index (κ1) is 16.4. The topological polar surface area (TPSA) is 74.2 Å². The van der Waals surface area contributed by atoms with Gasteiger partial charge in [0.1, 0.15) is 0 Å². The van der Waals surface area contributed by atoms with Crippen molar-refractivity contribution in [2.75, 3.05) is 31.5 Å². The fourth-order valence-corrected chi connectivity index (χ4v) is 3.33. The molecule has 1 aromatic rings. The standard InChI is InChI=1S/C16H20O6S/c1-15(2)7-21-16(22-8-15,9-23-6-14(17)18)11-3-4-12-13(5-11)20-10-19-12/h3-5H,6-10H2,1-2H3,(H,17,18). The number of carbonyl (C=O) groups is 1. The van der Waals surface area contributed by atoms with Crippen molar-refractivity contribution >= 4 is 17.7 Å². The fraction of sp³-hybridized carbons (Fsp3) is 0.562. The molecule has 0 radical (unpaired) electrons. The van der Waals surface area contributed by atoms with Crippen molar-refractivity contribution in [1.29, 1.82) is 0 Å². The van der Waals surface area contributed by atoms with Gasteiger partial charge in [0.15, 0.2) is 11.5 Å². The minimum absolute atomic E-state index is 0.00240. The Kier molecular flexibility index (Phi) is 4.44. The number of aliphatic carboxylic acids is 1. The molecule has 2 heterocycles. The van der Waals surface area contributed by atoms with Crippen LogP contribution in [0.1, 0.15) is 19.4 Å². The van der Waals surface area contributed by atoms with E-state index in [-0.39, 0.29) is 18.0 Å². The molecule has 1 aromatic carbocycles. The van der Waals surface area contributed by atoms with Gasteiger partial charge in [0.25, 0.3) is 0 Å². The fourth-order valence-electron chi connectivity index (χ4n) is 2.45. The molecule has 2 aliphatic rings. The predicted octanol–water partition coefficient (Wildman–Crippen LogP) is 2.46. The minimum Gasteiger partial charge on any atom is -0.481 e. The van der Waals surface area contributed by atoms with Crippen LogP contribution in [0.2, 0.25) is 0 Å². The summed E-state index contributed by atoms with van der Waals surface area (Å²) in [6.45, 7) is 5.42. The number of hydrogen-bond donors (Lipinski definition) is 1. The predicted molar refractivity (Wildman–Crippen MR) is 84.9 cm³/mol. The van der Waals surface area contributed by atoms with Gasteiger partial charge in [-0.3, -0.25) is 4.79 Å². The molecule has 0 spiro atoms. The molecule has 3 rings (SSSR count). The molecule has 6 nitrogen and oxygen atoms in total. The van der Waals surface area contributed by atoms with E-state index in [2.05, 4.69) is 13.8 Å². The van der Waals surface area contributed by atoms with E-state index in [0.717, 1.165) is 5.56 Å². The largest absolute Gasteiger partial charge is 0.481 e. The van der Waals surface area contributed by atoms with E-state index in [4.69, 9.17) is 24.1 Å². The number of hydrogen-bond acceptors (Lipinski definition) is 6. The van der Waals surface area contributed by atoms with Gasteiger partial charge in [0.05, 0.1) is 24.7 Å². The molecule has 1 N–H and O–H groups in total. The van der Waals surface area contributed by atoms with Crippen molar-refractivity contribution in [1.82, 2.24) is 0 Å². The van der Waals surface area contributed by atoms with Gasteiger partial charge in [-0.1, -0.05) is 13.8 Å². The van der Waals surface area contributed by atoms with Gasteiger partial charge in [-0.15, -0.1) is 11.8 Å². The van der Waals surface area contributed by atoms with Crippen LogP contribution in [0.15, 0.2) is 18.2 Å². The average Bonchev–Trinajstić information content (AvgIpc) is 2.96. The van der Waals surface area contributed by atoms with E-state index in [1.54, 1.807) is 0 Å². The van der Waals surface area contributed by atoms with Gasteiger partial charge in [0.2, 0.25) is 12.6 Å². The van der Waals surface area contributed by atoms with Gasteiger partial charge < -0.3 is 24.1 Å². The van der Waals surface area contributed by atoms with Gasteiger partial charge in [0, 0.05) is 11.0 Å². The maximum absolute atomic E-state index is 10.8. The summed E-state index contributed by atoms with van der Waals surface area (Å²) in [6, 6.07) is 5.56. The first-order valence-electron chi connectivity index (χ1n) is 7.38. The van der Waals surface area contributed by atoms with Crippen molar-refractivity contribution in [3.63, 3.8) is 0 Å². The van der Waals surface area contributed by atoms with Crippen LogP contribution >= 0.6 is 11.8 Å². The van der Waals surface area contributed by atoms with Crippen LogP contribution < -0.4 is 9.47 Å². The lowest BCUT2D eigenvalue weighted by Gasteiger charge is -2.43. The average molecular weight is 340 g/mol. The van der Waals surface area contributed by atoms with Gasteiger partial charge in [-0.25, -0.2) is 0 Å². The third-order valence-corrected chi connectivity index (χ3v) is 4.76. The Morgan fingerprint density at radius 2 is 1.91 bits per heavy atom. The second kappa shape index (κ2) is 6.22. The Labute approximate surface area is 139 Å². The Morgan fingerprint density at radius 1 is 1.22 bits per heavy atom. The molecule has 23 heavy (non-hydrogen) atoms. The van der Waals surface area contributed by atoms with Gasteiger partial charge >= 0.3 is 5.97 Å². The maximum Gasteiger partial charge on any atom is 0.313 e. The summed E-state index contributed by atoms with van der Waals surface area (Å²) in [7, 11) is 0. The number of carboxylic acids is 1. The lowest BCUT2D eigenvalue weighted by molar-refractivity contribution is -0.295. The number of fused-ring (bicyclic) bond motifs is 1. The maximum atomic E-state index is 10.8. The van der Waals surface area contributed by atoms with Crippen LogP contribution in [-0.2, 0) is 20.1 Å². The molecule has 0 aliphatic carbocycles. The summed E-state index contributed by atoms with van der Waals surface area (Å²) >= 11 is 1.27.